The molecule has 0 fully saturated rings. The van der Waals surface area contributed by atoms with E-state index in [1.807, 2.05) is 24.3 Å². The first-order valence-electron chi connectivity index (χ1n) is 33.8. The number of aryl methyl sites for hydroxylation is 4. The van der Waals surface area contributed by atoms with Gasteiger partial charge in [-0.25, -0.2) is 0 Å². The molecule has 0 unspecified atom stereocenters. The van der Waals surface area contributed by atoms with E-state index in [0.717, 1.165) is 36.8 Å². The minimum atomic E-state index is -1.58. The van der Waals surface area contributed by atoms with Gasteiger partial charge in [0, 0.05) is 0 Å². The van der Waals surface area contributed by atoms with Crippen LogP contribution in [-0.4, -0.2) is 38.0 Å². The molecule has 0 spiro atoms. The Morgan fingerprint density at radius 2 is 0.520 bits per heavy atom. The van der Waals surface area contributed by atoms with Gasteiger partial charge in [-0.15, -0.1) is 0 Å². The van der Waals surface area contributed by atoms with Gasteiger partial charge in [0.05, 0.1) is 26.2 Å². The second-order valence-electron chi connectivity index (χ2n) is 23.9. The minimum Gasteiger partial charge on any atom is -0.808 e. The summed E-state index contributed by atoms with van der Waals surface area (Å²) >= 11 is 0. The van der Waals surface area contributed by atoms with Crippen LogP contribution >= 0.6 is 0 Å². The fraction of sp³-hybridized carbons (Fsp3) is 0.829. The monoisotopic (exact) mass is 1040 g/mol. The smallest absolute Gasteiger partial charge is 0.492 e. The maximum absolute atomic E-state index is 13.0. The Morgan fingerprint density at radius 3 is 0.760 bits per heavy atom. The van der Waals surface area contributed by atoms with Crippen molar-refractivity contribution in [3.05, 3.63) is 58.7 Å². The summed E-state index contributed by atoms with van der Waals surface area (Å²) in [7, 11) is -1.58. The number of hydrogen-bond acceptors (Lipinski definition) is 3. The normalized spacial score (nSPS) is 11.5. The van der Waals surface area contributed by atoms with Gasteiger partial charge in [-0.1, -0.05) is 295 Å². The van der Waals surface area contributed by atoms with Crippen LogP contribution in [0, 0.1) is 13.8 Å². The van der Waals surface area contributed by atoms with Crippen molar-refractivity contribution in [2.45, 2.75) is 351 Å². The van der Waals surface area contributed by atoms with E-state index < -0.39 is 7.32 Å². The SMILES string of the molecule is CCCCCCCCCCCCc1cc(C)ccc1OB([O-])Oc1ccc(C)cc1CCCCCCCCCCCC.CCCCCCCC[N+](CCCCCCCC)(CCCCCCCC)CCCCCCCC. The molecule has 75 heavy (non-hydrogen) atoms. The van der Waals surface area contributed by atoms with E-state index in [1.165, 1.54) is 311 Å². The Balaban J connectivity index is 0.000000774. The first kappa shape index (κ1) is 71.0. The molecule has 0 aromatic heterocycles. The quantitative estimate of drug-likeness (QED) is 0.0377. The third-order valence-corrected chi connectivity index (χ3v) is 16.4. The summed E-state index contributed by atoms with van der Waals surface area (Å²) in [5.41, 5.74) is 4.64. The van der Waals surface area contributed by atoms with Gasteiger partial charge < -0.3 is 18.8 Å². The van der Waals surface area contributed by atoms with Crippen molar-refractivity contribution in [3.63, 3.8) is 0 Å². The van der Waals surface area contributed by atoms with Crippen LogP contribution in [0.25, 0.3) is 0 Å². The first-order chi connectivity index (χ1) is 36.8. The predicted molar refractivity (Wildman–Crippen MR) is 334 cm³/mol. The largest absolute Gasteiger partial charge is 0.808 e. The summed E-state index contributed by atoms with van der Waals surface area (Å²) < 4.78 is 13.2. The molecule has 0 aliphatic carbocycles. The molecule has 436 valence electrons. The average molecular weight is 1040 g/mol. The summed E-state index contributed by atoms with van der Waals surface area (Å²) in [5, 5.41) is 13.0. The van der Waals surface area contributed by atoms with Crippen LogP contribution in [0.2, 0.25) is 0 Å². The van der Waals surface area contributed by atoms with E-state index in [0.29, 0.717) is 11.5 Å². The van der Waals surface area contributed by atoms with Crippen molar-refractivity contribution in [2.75, 3.05) is 26.2 Å². The van der Waals surface area contributed by atoms with Gasteiger partial charge in [0.15, 0.2) is 0 Å². The van der Waals surface area contributed by atoms with Crippen LogP contribution in [0.4, 0.5) is 0 Å². The molecule has 0 bridgehead atoms. The molecular formula is C70H130BNO3. The highest BCUT2D eigenvalue weighted by atomic mass is 16.7. The van der Waals surface area contributed by atoms with Crippen LogP contribution in [-0.2, 0) is 12.8 Å². The number of benzene rings is 2. The van der Waals surface area contributed by atoms with E-state index in [-0.39, 0.29) is 0 Å². The van der Waals surface area contributed by atoms with Crippen molar-refractivity contribution >= 4 is 7.32 Å². The Hall–Kier alpha value is -1.98. The maximum Gasteiger partial charge on any atom is 0.492 e. The molecule has 4 nitrogen and oxygen atoms in total. The molecule has 0 saturated carbocycles. The Labute approximate surface area is 471 Å². The van der Waals surface area contributed by atoms with Crippen molar-refractivity contribution in [3.8, 4) is 11.5 Å². The molecule has 0 aliphatic rings. The van der Waals surface area contributed by atoms with E-state index in [2.05, 4.69) is 67.5 Å². The van der Waals surface area contributed by atoms with Crippen LogP contribution in [0.3, 0.4) is 0 Å². The zero-order chi connectivity index (χ0) is 54.6. The molecule has 5 heteroatoms. The number of quaternary nitrogens is 1. The molecule has 2 aromatic carbocycles. The van der Waals surface area contributed by atoms with E-state index in [1.54, 1.807) is 0 Å². The Morgan fingerprint density at radius 1 is 0.307 bits per heavy atom. The number of hydrogen-bond donors (Lipinski definition) is 0. The zero-order valence-electron chi connectivity index (χ0n) is 52.1. The highest BCUT2D eigenvalue weighted by Crippen LogP contribution is 2.27. The highest BCUT2D eigenvalue weighted by molar-refractivity contribution is 6.34. The van der Waals surface area contributed by atoms with Crippen molar-refractivity contribution in [2.24, 2.45) is 0 Å². The van der Waals surface area contributed by atoms with Crippen molar-refractivity contribution < 1.29 is 18.8 Å². The molecular weight excluding hydrogens is 914 g/mol. The van der Waals surface area contributed by atoms with Crippen LogP contribution < -0.4 is 14.3 Å². The Bertz CT molecular complexity index is 1350. The molecule has 0 amide bonds. The maximum atomic E-state index is 13.0. The first-order valence-corrected chi connectivity index (χ1v) is 33.8. The van der Waals surface area contributed by atoms with Gasteiger partial charge in [-0.3, -0.25) is 0 Å². The van der Waals surface area contributed by atoms with Crippen LogP contribution in [0.1, 0.15) is 346 Å². The van der Waals surface area contributed by atoms with E-state index >= 15 is 0 Å². The van der Waals surface area contributed by atoms with Crippen molar-refractivity contribution in [1.82, 2.24) is 0 Å². The number of nitrogens with zero attached hydrogens (tertiary/aromatic N) is 1. The highest BCUT2D eigenvalue weighted by Gasteiger charge is 2.26. The molecule has 0 radical (unpaired) electrons. The Kier molecular flexibility index (Phi) is 49.9. The van der Waals surface area contributed by atoms with Gasteiger partial charge in [0.1, 0.15) is 11.5 Å². The van der Waals surface area contributed by atoms with Gasteiger partial charge in [0.25, 0.3) is 0 Å². The van der Waals surface area contributed by atoms with Crippen LogP contribution in [0.5, 0.6) is 11.5 Å². The lowest BCUT2D eigenvalue weighted by molar-refractivity contribution is -0.929. The molecule has 0 saturated heterocycles. The van der Waals surface area contributed by atoms with Gasteiger partial charge in [-0.05, 0) is 114 Å². The summed E-state index contributed by atoms with van der Waals surface area (Å²) in [6.45, 7) is 24.0. The fourth-order valence-electron chi connectivity index (χ4n) is 11.5. The van der Waals surface area contributed by atoms with Gasteiger partial charge >= 0.3 is 7.32 Å². The zero-order valence-corrected chi connectivity index (χ0v) is 52.1. The van der Waals surface area contributed by atoms with Crippen LogP contribution in [0.15, 0.2) is 36.4 Å². The minimum absolute atomic E-state index is 0.667. The standard InChI is InChI=1S/C38H62BO3.C32H68N/c1-5-7-9-11-13-15-17-19-21-23-25-35-31-33(3)27-29-37(35)41-39(40)42-38-30-28-34(4)32-36(38)26-24-22-20-18-16-14-12-10-8-6-2;1-5-9-13-17-21-25-29-33(30-26-22-18-14-10-6-2,31-27-23-19-15-11-7-3)32-28-24-20-16-12-8-4/h27-32H,5-26H2,1-4H3;5-32H2,1-4H3/q-1;+1. The average Bonchev–Trinajstić information content (AvgIpc) is 3.40. The molecule has 2 aromatic rings. The lowest BCUT2D eigenvalue weighted by atomic mass is 10.0. The van der Waals surface area contributed by atoms with Gasteiger partial charge in [-0.2, -0.15) is 0 Å². The molecule has 0 atom stereocenters. The summed E-state index contributed by atoms with van der Waals surface area (Å²) in [6, 6.07) is 12.2. The van der Waals surface area contributed by atoms with Crippen molar-refractivity contribution in [1.29, 1.82) is 0 Å². The molecule has 0 aliphatic heterocycles. The third-order valence-electron chi connectivity index (χ3n) is 16.4. The second-order valence-corrected chi connectivity index (χ2v) is 23.9. The number of rotatable bonds is 54. The topological polar surface area (TPSA) is 41.5 Å². The second kappa shape index (κ2) is 52.7. The van der Waals surface area contributed by atoms with E-state index in [4.69, 9.17) is 9.31 Å². The summed E-state index contributed by atoms with van der Waals surface area (Å²) in [5.74, 6) is 1.33. The number of unbranched alkanes of at least 4 members (excludes halogenated alkanes) is 38. The van der Waals surface area contributed by atoms with Gasteiger partial charge in [0.2, 0.25) is 0 Å². The molecule has 0 N–H and O–H groups in total. The summed E-state index contributed by atoms with van der Waals surface area (Å²) in [4.78, 5) is 0. The molecule has 2 rings (SSSR count). The van der Waals surface area contributed by atoms with E-state index in [9.17, 15) is 5.02 Å². The fourth-order valence-corrected chi connectivity index (χ4v) is 11.5. The summed E-state index contributed by atoms with van der Waals surface area (Å²) in [6.07, 6.45) is 63.0. The predicted octanol–water partition coefficient (Wildman–Crippen LogP) is 22.3. The molecule has 0 heterocycles. The lowest BCUT2D eigenvalue weighted by Crippen LogP contribution is -2.50. The third kappa shape index (κ3) is 41.7. The lowest BCUT2D eigenvalue weighted by Gasteiger charge is -2.40.